The van der Waals surface area contributed by atoms with Crippen molar-refractivity contribution in [3.63, 3.8) is 0 Å². The van der Waals surface area contributed by atoms with Crippen LogP contribution >= 0.6 is 35.6 Å². The zero-order valence-corrected chi connectivity index (χ0v) is 14.7. The van der Waals surface area contributed by atoms with Crippen LogP contribution in [0.1, 0.15) is 6.42 Å². The van der Waals surface area contributed by atoms with Gasteiger partial charge in [-0.05, 0) is 19.0 Å². The molecular formula is C12H17Cl3N2O3S. The highest BCUT2D eigenvalue weighted by Gasteiger charge is 2.32. The highest BCUT2D eigenvalue weighted by atomic mass is 35.5. The fraction of sp³-hybridized carbons (Fsp3) is 0.500. The zero-order chi connectivity index (χ0) is 14.9. The SMILES string of the molecule is COc1cc(Cl)c(S(=O)(=O)N(C)C2CCNC2)cc1Cl.Cl. The lowest BCUT2D eigenvalue weighted by atomic mass is 10.3. The number of hydrogen-bond donors (Lipinski definition) is 1. The normalized spacial score (nSPS) is 18.6. The molecule has 1 unspecified atom stereocenters. The average molecular weight is 376 g/mol. The predicted molar refractivity (Wildman–Crippen MR) is 86.5 cm³/mol. The number of methoxy groups -OCH3 is 1. The lowest BCUT2D eigenvalue weighted by Gasteiger charge is -2.24. The molecule has 0 amide bonds. The number of nitrogens with zero attached hydrogens (tertiary/aromatic N) is 1. The number of nitrogens with one attached hydrogen (secondary N) is 1. The van der Waals surface area contributed by atoms with Gasteiger partial charge in [-0.25, -0.2) is 8.42 Å². The Kier molecular flexibility index (Phi) is 6.58. The van der Waals surface area contributed by atoms with Crippen LogP contribution in [0.5, 0.6) is 5.75 Å². The molecule has 1 aliphatic rings. The van der Waals surface area contributed by atoms with Crippen LogP contribution in [0.3, 0.4) is 0 Å². The second-order valence-corrected chi connectivity index (χ2v) is 7.37. The Morgan fingerprint density at radius 3 is 2.52 bits per heavy atom. The fourth-order valence-corrected chi connectivity index (χ4v) is 4.37. The van der Waals surface area contributed by atoms with Crippen LogP contribution in [-0.4, -0.2) is 46.0 Å². The van der Waals surface area contributed by atoms with Crippen LogP contribution < -0.4 is 10.1 Å². The standard InChI is InChI=1S/C12H16Cl2N2O3S.ClH/c1-16(8-3-4-15-7-8)20(17,18)12-6-9(13)11(19-2)5-10(12)14;/h5-6,8,15H,3-4,7H2,1-2H3;1H. The molecule has 2 rings (SSSR count). The number of likely N-dealkylation sites (N-methyl/N-ethyl adjacent to an activating group) is 1. The van der Waals surface area contributed by atoms with Crippen LogP contribution in [0, 0.1) is 0 Å². The fourth-order valence-electron chi connectivity index (χ4n) is 2.17. The van der Waals surface area contributed by atoms with Crippen molar-refractivity contribution < 1.29 is 13.2 Å². The van der Waals surface area contributed by atoms with Crippen molar-refractivity contribution in [3.8, 4) is 5.75 Å². The largest absolute Gasteiger partial charge is 0.495 e. The lowest BCUT2D eigenvalue weighted by Crippen LogP contribution is -2.38. The van der Waals surface area contributed by atoms with E-state index in [4.69, 9.17) is 27.9 Å². The Labute approximate surface area is 141 Å². The third kappa shape index (κ3) is 3.75. The Morgan fingerprint density at radius 1 is 1.33 bits per heavy atom. The first-order valence-corrected chi connectivity index (χ1v) is 8.29. The molecule has 0 radical (unpaired) electrons. The first kappa shape index (κ1) is 18.8. The molecular weight excluding hydrogens is 359 g/mol. The minimum absolute atomic E-state index is 0. The Morgan fingerprint density at radius 2 is 2.00 bits per heavy atom. The summed E-state index contributed by atoms with van der Waals surface area (Å²) in [6.45, 7) is 1.44. The molecule has 0 saturated carbocycles. The van der Waals surface area contributed by atoms with Crippen molar-refractivity contribution in [1.82, 2.24) is 9.62 Å². The van der Waals surface area contributed by atoms with E-state index in [9.17, 15) is 8.42 Å². The molecule has 1 fully saturated rings. The summed E-state index contributed by atoms with van der Waals surface area (Å²) in [4.78, 5) is -0.000586. The van der Waals surface area contributed by atoms with Gasteiger partial charge < -0.3 is 10.1 Å². The van der Waals surface area contributed by atoms with Gasteiger partial charge in [-0.3, -0.25) is 0 Å². The molecule has 1 aromatic carbocycles. The maximum absolute atomic E-state index is 12.6. The molecule has 5 nitrogen and oxygen atoms in total. The first-order chi connectivity index (χ1) is 9.37. The van der Waals surface area contributed by atoms with Crippen molar-refractivity contribution in [2.45, 2.75) is 17.4 Å². The van der Waals surface area contributed by atoms with Crippen molar-refractivity contribution in [2.24, 2.45) is 0 Å². The van der Waals surface area contributed by atoms with Crippen molar-refractivity contribution in [3.05, 3.63) is 22.2 Å². The van der Waals surface area contributed by atoms with Crippen LogP contribution in [0.4, 0.5) is 0 Å². The van der Waals surface area contributed by atoms with E-state index in [-0.39, 0.29) is 33.4 Å². The molecule has 0 aromatic heterocycles. The molecule has 0 spiro atoms. The molecule has 0 bridgehead atoms. The summed E-state index contributed by atoms with van der Waals surface area (Å²) in [5.74, 6) is 0.348. The van der Waals surface area contributed by atoms with Crippen molar-refractivity contribution >= 4 is 45.6 Å². The molecule has 1 aliphatic heterocycles. The maximum atomic E-state index is 12.6. The quantitative estimate of drug-likeness (QED) is 0.878. The third-order valence-electron chi connectivity index (χ3n) is 3.41. The van der Waals surface area contributed by atoms with E-state index in [0.717, 1.165) is 13.0 Å². The molecule has 0 aliphatic carbocycles. The van der Waals surface area contributed by atoms with Crippen molar-refractivity contribution in [2.75, 3.05) is 27.2 Å². The van der Waals surface area contributed by atoms with Crippen LogP contribution in [-0.2, 0) is 10.0 Å². The summed E-state index contributed by atoms with van der Waals surface area (Å²) in [5.41, 5.74) is 0. The zero-order valence-electron chi connectivity index (χ0n) is 11.6. The smallest absolute Gasteiger partial charge is 0.244 e. The molecule has 1 heterocycles. The van der Waals surface area contributed by atoms with Crippen LogP contribution in [0.25, 0.3) is 0 Å². The molecule has 1 aromatic rings. The molecule has 9 heteroatoms. The van der Waals surface area contributed by atoms with Gasteiger partial charge in [-0.2, -0.15) is 4.31 Å². The topological polar surface area (TPSA) is 58.6 Å². The maximum Gasteiger partial charge on any atom is 0.244 e. The van der Waals surface area contributed by atoms with Gasteiger partial charge in [0, 0.05) is 25.7 Å². The first-order valence-electron chi connectivity index (χ1n) is 6.09. The minimum Gasteiger partial charge on any atom is -0.495 e. The van der Waals surface area contributed by atoms with Crippen molar-refractivity contribution in [1.29, 1.82) is 0 Å². The summed E-state index contributed by atoms with van der Waals surface area (Å²) >= 11 is 12.0. The van der Waals surface area contributed by atoms with E-state index in [2.05, 4.69) is 5.32 Å². The van der Waals surface area contributed by atoms with Gasteiger partial charge in [0.15, 0.2) is 0 Å². The van der Waals surface area contributed by atoms with Gasteiger partial charge >= 0.3 is 0 Å². The molecule has 21 heavy (non-hydrogen) atoms. The van der Waals surface area contributed by atoms with Gasteiger partial charge in [-0.15, -0.1) is 12.4 Å². The summed E-state index contributed by atoms with van der Waals surface area (Å²) in [6.07, 6.45) is 0.775. The van der Waals surface area contributed by atoms with E-state index in [1.54, 1.807) is 7.05 Å². The number of ether oxygens (including phenoxy) is 1. The summed E-state index contributed by atoms with van der Waals surface area (Å²) < 4.78 is 31.6. The van der Waals surface area contributed by atoms with Crippen LogP contribution in [0.2, 0.25) is 10.0 Å². The number of hydrogen-bond acceptors (Lipinski definition) is 4. The van der Waals surface area contributed by atoms with E-state index >= 15 is 0 Å². The predicted octanol–water partition coefficient (Wildman–Crippen LogP) is 2.41. The van der Waals surface area contributed by atoms with Gasteiger partial charge in [0.2, 0.25) is 10.0 Å². The lowest BCUT2D eigenvalue weighted by molar-refractivity contribution is 0.387. The number of halogens is 3. The van der Waals surface area contributed by atoms with Gasteiger partial charge in [-0.1, -0.05) is 23.2 Å². The highest BCUT2D eigenvalue weighted by molar-refractivity contribution is 7.89. The molecule has 1 N–H and O–H groups in total. The Bertz CT molecular complexity index is 604. The second kappa shape index (κ2) is 7.35. The molecule has 1 atom stereocenters. The van der Waals surface area contributed by atoms with Gasteiger partial charge in [0.25, 0.3) is 0 Å². The highest BCUT2D eigenvalue weighted by Crippen LogP contribution is 2.35. The third-order valence-corrected chi connectivity index (χ3v) is 6.08. The van der Waals surface area contributed by atoms with E-state index in [1.165, 1.54) is 23.5 Å². The van der Waals surface area contributed by atoms with Gasteiger partial charge in [0.1, 0.15) is 10.6 Å². The monoisotopic (exact) mass is 374 g/mol. The number of rotatable bonds is 4. The number of benzene rings is 1. The van der Waals surface area contributed by atoms with E-state index in [1.807, 2.05) is 0 Å². The van der Waals surface area contributed by atoms with Gasteiger partial charge in [0.05, 0.1) is 17.2 Å². The average Bonchev–Trinajstić information content (AvgIpc) is 2.93. The Hall–Kier alpha value is -0.240. The van der Waals surface area contributed by atoms with Crippen LogP contribution in [0.15, 0.2) is 17.0 Å². The summed E-state index contributed by atoms with van der Waals surface area (Å²) in [6, 6.07) is 2.67. The summed E-state index contributed by atoms with van der Waals surface area (Å²) in [7, 11) is -0.676. The summed E-state index contributed by atoms with van der Waals surface area (Å²) in [5, 5.41) is 3.45. The Balaban J connectivity index is 0.00000220. The second-order valence-electron chi connectivity index (χ2n) is 4.59. The minimum atomic E-state index is -3.68. The number of sulfonamides is 1. The molecule has 1 saturated heterocycles. The van der Waals surface area contributed by atoms with E-state index < -0.39 is 10.0 Å². The van der Waals surface area contributed by atoms with E-state index in [0.29, 0.717) is 12.3 Å². The molecule has 120 valence electrons.